The van der Waals surface area contributed by atoms with Crippen molar-refractivity contribution in [2.75, 3.05) is 6.54 Å². The smallest absolute Gasteiger partial charge is 0.320 e. The van der Waals surface area contributed by atoms with Crippen molar-refractivity contribution in [3.8, 4) is 0 Å². The number of hydrogen-bond donors (Lipinski definition) is 4. The standard InChI is InChI=1S/C9H16N4O3/c1-5-7(14)13-9(12-5)11-4-2-3-6(10)8(15)16/h6,9,11H,2-4,10H2,1H3,(H,13,14)(H,15,16)/t6-,9?/m0/s1. The Hall–Kier alpha value is -1.47. The van der Waals surface area contributed by atoms with Crippen LogP contribution in [0.25, 0.3) is 0 Å². The first-order chi connectivity index (χ1) is 7.50. The Balaban J connectivity index is 2.13. The van der Waals surface area contributed by atoms with Crippen molar-refractivity contribution >= 4 is 17.6 Å². The minimum absolute atomic E-state index is 0.181. The lowest BCUT2D eigenvalue weighted by Crippen LogP contribution is -2.40. The van der Waals surface area contributed by atoms with Crippen LogP contribution in [0.2, 0.25) is 0 Å². The zero-order valence-electron chi connectivity index (χ0n) is 9.06. The summed E-state index contributed by atoms with van der Waals surface area (Å²) >= 11 is 0. The van der Waals surface area contributed by atoms with Gasteiger partial charge in [-0.2, -0.15) is 0 Å². The number of amides is 1. The molecule has 1 rings (SSSR count). The van der Waals surface area contributed by atoms with Gasteiger partial charge in [0.1, 0.15) is 11.8 Å². The molecule has 1 aliphatic rings. The molecule has 0 saturated heterocycles. The molecule has 5 N–H and O–H groups in total. The quantitative estimate of drug-likeness (QED) is 0.419. The molecule has 0 aliphatic carbocycles. The van der Waals surface area contributed by atoms with Gasteiger partial charge in [0.25, 0.3) is 5.91 Å². The van der Waals surface area contributed by atoms with E-state index in [-0.39, 0.29) is 5.91 Å². The van der Waals surface area contributed by atoms with Crippen LogP contribution in [0.5, 0.6) is 0 Å². The van der Waals surface area contributed by atoms with Crippen molar-refractivity contribution in [1.29, 1.82) is 0 Å². The second-order valence-electron chi connectivity index (χ2n) is 3.63. The zero-order valence-corrected chi connectivity index (χ0v) is 9.06. The van der Waals surface area contributed by atoms with E-state index in [0.29, 0.717) is 25.1 Å². The van der Waals surface area contributed by atoms with Gasteiger partial charge in [-0.15, -0.1) is 0 Å². The van der Waals surface area contributed by atoms with Gasteiger partial charge < -0.3 is 16.2 Å². The lowest BCUT2D eigenvalue weighted by atomic mass is 10.2. The molecule has 0 fully saturated rings. The highest BCUT2D eigenvalue weighted by Crippen LogP contribution is 1.97. The predicted molar refractivity (Wildman–Crippen MR) is 57.9 cm³/mol. The molecule has 1 heterocycles. The van der Waals surface area contributed by atoms with Gasteiger partial charge in [-0.05, 0) is 26.3 Å². The van der Waals surface area contributed by atoms with Crippen LogP contribution in [-0.2, 0) is 9.59 Å². The van der Waals surface area contributed by atoms with Crippen molar-refractivity contribution < 1.29 is 14.7 Å². The number of carbonyl (C=O) groups excluding carboxylic acids is 1. The van der Waals surface area contributed by atoms with E-state index in [1.165, 1.54) is 0 Å². The molecule has 7 heteroatoms. The molecule has 0 bridgehead atoms. The third kappa shape index (κ3) is 3.59. The third-order valence-electron chi connectivity index (χ3n) is 2.27. The summed E-state index contributed by atoms with van der Waals surface area (Å²) in [5, 5.41) is 14.1. The lowest BCUT2D eigenvalue weighted by Gasteiger charge is -2.11. The molecule has 1 amide bonds. The third-order valence-corrected chi connectivity index (χ3v) is 2.27. The van der Waals surface area contributed by atoms with Crippen molar-refractivity contribution in [3.63, 3.8) is 0 Å². The lowest BCUT2D eigenvalue weighted by molar-refractivity contribution is -0.138. The van der Waals surface area contributed by atoms with Gasteiger partial charge in [0.2, 0.25) is 0 Å². The molecule has 0 aromatic rings. The number of rotatable bonds is 6. The van der Waals surface area contributed by atoms with Crippen LogP contribution in [0.4, 0.5) is 0 Å². The minimum Gasteiger partial charge on any atom is -0.480 e. The summed E-state index contributed by atoms with van der Waals surface area (Å²) in [5.74, 6) is -1.18. The molecule has 0 aromatic carbocycles. The molecule has 0 saturated carbocycles. The van der Waals surface area contributed by atoms with E-state index in [0.717, 1.165) is 0 Å². The number of carboxylic acid groups (broad SMARTS) is 1. The molecule has 1 unspecified atom stereocenters. The van der Waals surface area contributed by atoms with E-state index in [1.54, 1.807) is 6.92 Å². The second kappa shape index (κ2) is 5.57. The van der Waals surface area contributed by atoms with E-state index >= 15 is 0 Å². The zero-order chi connectivity index (χ0) is 12.1. The Morgan fingerprint density at radius 1 is 1.75 bits per heavy atom. The minimum atomic E-state index is -0.997. The van der Waals surface area contributed by atoms with Crippen molar-refractivity contribution in [1.82, 2.24) is 10.6 Å². The molecule has 90 valence electrons. The Morgan fingerprint density at radius 2 is 2.44 bits per heavy atom. The maximum atomic E-state index is 11.0. The molecule has 0 spiro atoms. The normalized spacial score (nSPS) is 21.5. The summed E-state index contributed by atoms with van der Waals surface area (Å²) in [6, 6.07) is -0.829. The van der Waals surface area contributed by atoms with Crippen LogP contribution < -0.4 is 16.4 Å². The van der Waals surface area contributed by atoms with Gasteiger partial charge in [0.05, 0.1) is 0 Å². The summed E-state index contributed by atoms with van der Waals surface area (Å²) in [5.41, 5.74) is 5.77. The maximum Gasteiger partial charge on any atom is 0.320 e. The summed E-state index contributed by atoms with van der Waals surface area (Å²) < 4.78 is 0. The fraction of sp³-hybridized carbons (Fsp3) is 0.667. The number of carboxylic acids is 1. The monoisotopic (exact) mass is 228 g/mol. The first-order valence-corrected chi connectivity index (χ1v) is 5.07. The fourth-order valence-corrected chi connectivity index (χ4v) is 1.29. The number of carbonyl (C=O) groups is 2. The summed E-state index contributed by atoms with van der Waals surface area (Å²) in [6.45, 7) is 2.19. The van der Waals surface area contributed by atoms with Crippen molar-refractivity contribution in [2.24, 2.45) is 10.7 Å². The maximum absolute atomic E-state index is 11.0. The van der Waals surface area contributed by atoms with Gasteiger partial charge in [-0.25, -0.2) is 4.99 Å². The average Bonchev–Trinajstić information content (AvgIpc) is 2.53. The Bertz CT molecular complexity index is 316. The van der Waals surface area contributed by atoms with E-state index in [2.05, 4.69) is 15.6 Å². The number of hydrogen-bond acceptors (Lipinski definition) is 5. The van der Waals surface area contributed by atoms with Crippen LogP contribution in [0, 0.1) is 0 Å². The van der Waals surface area contributed by atoms with Crippen LogP contribution in [0.3, 0.4) is 0 Å². The molecular formula is C9H16N4O3. The molecule has 2 atom stereocenters. The SMILES string of the molecule is CC1=NC(NCCC[C@H](N)C(=O)O)NC1=O. The first kappa shape index (κ1) is 12.6. The number of nitrogens with two attached hydrogens (primary N) is 1. The Labute approximate surface area is 93.1 Å². The highest BCUT2D eigenvalue weighted by Gasteiger charge is 2.20. The van der Waals surface area contributed by atoms with Gasteiger partial charge in [0, 0.05) is 0 Å². The number of aliphatic carboxylic acids is 1. The molecule has 0 aromatic heterocycles. The van der Waals surface area contributed by atoms with Crippen LogP contribution >= 0.6 is 0 Å². The van der Waals surface area contributed by atoms with E-state index in [1.807, 2.05) is 0 Å². The number of aliphatic imine (C=N–C) groups is 1. The van der Waals surface area contributed by atoms with Crippen LogP contribution in [0.1, 0.15) is 19.8 Å². The van der Waals surface area contributed by atoms with Gasteiger partial charge >= 0.3 is 5.97 Å². The Morgan fingerprint density at radius 3 is 2.94 bits per heavy atom. The highest BCUT2D eigenvalue weighted by molar-refractivity contribution is 6.39. The average molecular weight is 228 g/mol. The molecule has 7 nitrogen and oxygen atoms in total. The summed E-state index contributed by atoms with van der Waals surface area (Å²) in [4.78, 5) is 25.5. The van der Waals surface area contributed by atoms with Crippen molar-refractivity contribution in [3.05, 3.63) is 0 Å². The largest absolute Gasteiger partial charge is 0.480 e. The van der Waals surface area contributed by atoms with Crippen molar-refractivity contribution in [2.45, 2.75) is 32.1 Å². The molecule has 1 aliphatic heterocycles. The fourth-order valence-electron chi connectivity index (χ4n) is 1.29. The van der Waals surface area contributed by atoms with Crippen LogP contribution in [0.15, 0.2) is 4.99 Å². The first-order valence-electron chi connectivity index (χ1n) is 5.07. The summed E-state index contributed by atoms with van der Waals surface area (Å²) in [7, 11) is 0. The summed E-state index contributed by atoms with van der Waals surface area (Å²) in [6.07, 6.45) is 0.619. The van der Waals surface area contributed by atoms with E-state index in [9.17, 15) is 9.59 Å². The van der Waals surface area contributed by atoms with E-state index in [4.69, 9.17) is 10.8 Å². The second-order valence-corrected chi connectivity index (χ2v) is 3.63. The number of nitrogens with one attached hydrogen (secondary N) is 2. The highest BCUT2D eigenvalue weighted by atomic mass is 16.4. The van der Waals surface area contributed by atoms with Gasteiger partial charge in [-0.3, -0.25) is 14.9 Å². The number of nitrogens with zero attached hydrogens (tertiary/aromatic N) is 1. The topological polar surface area (TPSA) is 117 Å². The molecule has 16 heavy (non-hydrogen) atoms. The van der Waals surface area contributed by atoms with E-state index < -0.39 is 18.3 Å². The Kier molecular flexibility index (Phi) is 4.39. The van der Waals surface area contributed by atoms with Crippen LogP contribution in [-0.4, -0.2) is 41.6 Å². The predicted octanol–water partition coefficient (Wildman–Crippen LogP) is -1.36. The molecular weight excluding hydrogens is 212 g/mol. The molecule has 0 radical (unpaired) electrons. The van der Waals surface area contributed by atoms with Gasteiger partial charge in [0.15, 0.2) is 6.29 Å². The van der Waals surface area contributed by atoms with Gasteiger partial charge in [-0.1, -0.05) is 0 Å².